The highest BCUT2D eigenvalue weighted by Crippen LogP contribution is 2.45. The lowest BCUT2D eigenvalue weighted by molar-refractivity contribution is -0.150. The Morgan fingerprint density at radius 3 is 2.43 bits per heavy atom. The number of carbonyl (C=O) groups is 2. The van der Waals surface area contributed by atoms with Crippen LogP contribution in [0, 0.1) is 17.3 Å². The minimum atomic E-state index is -0.761. The molecule has 3 N–H and O–H groups in total. The zero-order valence-electron chi connectivity index (χ0n) is 13.6. The second-order valence-corrected chi connectivity index (χ2v) is 6.86. The normalized spacial score (nSPS) is 29.5. The van der Waals surface area contributed by atoms with Crippen molar-refractivity contribution >= 4 is 12.0 Å². The number of amides is 2. The molecule has 21 heavy (non-hydrogen) atoms. The van der Waals surface area contributed by atoms with Crippen LogP contribution in [0.1, 0.15) is 40.5 Å². The zero-order chi connectivity index (χ0) is 16.4. The van der Waals surface area contributed by atoms with Crippen molar-refractivity contribution in [2.24, 2.45) is 17.3 Å². The summed E-state index contributed by atoms with van der Waals surface area (Å²) in [5, 5.41) is 21.6. The topological polar surface area (TPSA) is 89.9 Å². The molecule has 4 atom stereocenters. The Hall–Kier alpha value is -1.30. The lowest BCUT2D eigenvalue weighted by atomic mass is 9.61. The predicted molar refractivity (Wildman–Crippen MR) is 79.9 cm³/mol. The fourth-order valence-corrected chi connectivity index (χ4v) is 3.19. The van der Waals surface area contributed by atoms with Gasteiger partial charge in [0.05, 0.1) is 12.0 Å². The second-order valence-electron chi connectivity index (χ2n) is 6.86. The van der Waals surface area contributed by atoms with Crippen molar-refractivity contribution in [3.63, 3.8) is 0 Å². The van der Waals surface area contributed by atoms with E-state index in [0.29, 0.717) is 12.8 Å². The average Bonchev–Trinajstić information content (AvgIpc) is 2.33. The highest BCUT2D eigenvalue weighted by atomic mass is 16.4. The van der Waals surface area contributed by atoms with Gasteiger partial charge in [0.25, 0.3) is 0 Å². The van der Waals surface area contributed by atoms with Gasteiger partial charge in [-0.1, -0.05) is 20.8 Å². The second kappa shape index (κ2) is 6.64. The lowest BCUT2D eigenvalue weighted by Crippen LogP contribution is -2.54. The molecule has 0 aromatic carbocycles. The van der Waals surface area contributed by atoms with Crippen LogP contribution in [-0.4, -0.2) is 52.9 Å². The van der Waals surface area contributed by atoms with Gasteiger partial charge in [0, 0.05) is 19.6 Å². The fraction of sp³-hybridized carbons (Fsp3) is 0.867. The van der Waals surface area contributed by atoms with Crippen molar-refractivity contribution in [2.45, 2.75) is 52.7 Å². The van der Waals surface area contributed by atoms with Gasteiger partial charge in [0.1, 0.15) is 0 Å². The lowest BCUT2D eigenvalue weighted by Gasteiger charge is -2.46. The number of urea groups is 1. The first kappa shape index (κ1) is 17.8. The van der Waals surface area contributed by atoms with Crippen LogP contribution in [0.15, 0.2) is 0 Å². The minimum absolute atomic E-state index is 0.0421. The quantitative estimate of drug-likeness (QED) is 0.734. The maximum atomic E-state index is 12.1. The molecule has 6 heteroatoms. The van der Waals surface area contributed by atoms with E-state index < -0.39 is 12.1 Å². The van der Waals surface area contributed by atoms with Crippen LogP contribution < -0.4 is 5.32 Å². The molecule has 0 heterocycles. The third-order valence-electron chi connectivity index (χ3n) is 4.93. The van der Waals surface area contributed by atoms with E-state index in [0.717, 1.165) is 0 Å². The van der Waals surface area contributed by atoms with Crippen LogP contribution in [0.4, 0.5) is 4.79 Å². The number of carbonyl (C=O) groups excluding carboxylic acids is 1. The zero-order valence-corrected chi connectivity index (χ0v) is 13.6. The number of likely N-dealkylation sites (N-methyl/N-ethyl adjacent to an activating group) is 1. The van der Waals surface area contributed by atoms with E-state index >= 15 is 0 Å². The largest absolute Gasteiger partial charge is 0.481 e. The summed E-state index contributed by atoms with van der Waals surface area (Å²) in [5.41, 5.74) is -0.370. The summed E-state index contributed by atoms with van der Waals surface area (Å²) < 4.78 is 0. The summed E-state index contributed by atoms with van der Waals surface area (Å²) in [6.07, 6.45) is 0.658. The van der Waals surface area contributed by atoms with Gasteiger partial charge in [0.2, 0.25) is 0 Å². The summed E-state index contributed by atoms with van der Waals surface area (Å²) in [7, 11) is 1.64. The standard InChI is InChI=1S/C15H28N2O4/c1-9(18)8-17(5)14(21)16-12-7-6-11(13(19)20)15(3,4)10(12)2/h9-12,18H,6-8H2,1-5H3,(H,16,21)(H,19,20). The molecule has 1 saturated carbocycles. The Bertz CT molecular complexity index is 395. The SMILES string of the molecule is CC(O)CN(C)C(=O)NC1CCC(C(=O)O)C(C)(C)C1C. The Morgan fingerprint density at radius 1 is 1.38 bits per heavy atom. The summed E-state index contributed by atoms with van der Waals surface area (Å²) >= 11 is 0. The number of aliphatic hydroxyl groups excluding tert-OH is 1. The van der Waals surface area contributed by atoms with Crippen molar-refractivity contribution in [3.05, 3.63) is 0 Å². The Kier molecular flexibility index (Phi) is 5.61. The predicted octanol–water partition coefficient (Wildman–Crippen LogP) is 1.53. The van der Waals surface area contributed by atoms with Crippen molar-refractivity contribution in [1.82, 2.24) is 10.2 Å². The van der Waals surface area contributed by atoms with E-state index in [1.807, 2.05) is 20.8 Å². The number of hydrogen-bond acceptors (Lipinski definition) is 3. The fourth-order valence-electron chi connectivity index (χ4n) is 3.19. The van der Waals surface area contributed by atoms with Gasteiger partial charge >= 0.3 is 12.0 Å². The van der Waals surface area contributed by atoms with Gasteiger partial charge in [-0.2, -0.15) is 0 Å². The van der Waals surface area contributed by atoms with Gasteiger partial charge in [0.15, 0.2) is 0 Å². The number of carboxylic acid groups (broad SMARTS) is 1. The smallest absolute Gasteiger partial charge is 0.317 e. The Labute approximate surface area is 126 Å². The van der Waals surface area contributed by atoms with E-state index in [1.54, 1.807) is 14.0 Å². The van der Waals surface area contributed by atoms with E-state index in [1.165, 1.54) is 4.90 Å². The van der Waals surface area contributed by atoms with Crippen molar-refractivity contribution in [2.75, 3.05) is 13.6 Å². The molecular formula is C15H28N2O4. The van der Waals surface area contributed by atoms with E-state index in [9.17, 15) is 19.8 Å². The molecule has 6 nitrogen and oxygen atoms in total. The molecule has 0 aromatic heterocycles. The Balaban J connectivity index is 2.70. The summed E-state index contributed by atoms with van der Waals surface area (Å²) in [4.78, 5) is 24.9. The number of aliphatic carboxylic acids is 1. The van der Waals surface area contributed by atoms with Crippen molar-refractivity contribution in [3.8, 4) is 0 Å². The highest BCUT2D eigenvalue weighted by Gasteiger charge is 2.46. The van der Waals surface area contributed by atoms with Gasteiger partial charge in [-0.05, 0) is 31.1 Å². The number of aliphatic hydroxyl groups is 1. The molecule has 2 amide bonds. The Morgan fingerprint density at radius 2 is 1.95 bits per heavy atom. The van der Waals surface area contributed by atoms with Crippen molar-refractivity contribution in [1.29, 1.82) is 0 Å². The van der Waals surface area contributed by atoms with Crippen LogP contribution in [0.25, 0.3) is 0 Å². The molecule has 0 aliphatic heterocycles. The summed E-state index contributed by atoms with van der Waals surface area (Å²) in [6, 6.07) is -0.267. The maximum absolute atomic E-state index is 12.1. The van der Waals surface area contributed by atoms with Gasteiger partial charge in [-0.25, -0.2) is 4.79 Å². The third-order valence-corrected chi connectivity index (χ3v) is 4.93. The molecule has 1 fully saturated rings. The average molecular weight is 300 g/mol. The first-order valence-electron chi connectivity index (χ1n) is 7.49. The van der Waals surface area contributed by atoms with Gasteiger partial charge in [-0.3, -0.25) is 4.79 Å². The summed E-state index contributed by atoms with van der Waals surface area (Å²) in [5.74, 6) is -1.07. The monoisotopic (exact) mass is 300 g/mol. The third kappa shape index (κ3) is 4.09. The number of hydrogen-bond donors (Lipinski definition) is 3. The van der Waals surface area contributed by atoms with Gasteiger partial charge < -0.3 is 20.4 Å². The molecule has 1 aliphatic rings. The van der Waals surface area contributed by atoms with Crippen LogP contribution in [0.5, 0.6) is 0 Å². The molecule has 0 spiro atoms. The molecule has 0 saturated heterocycles. The van der Waals surface area contributed by atoms with Crippen LogP contribution in [0.3, 0.4) is 0 Å². The minimum Gasteiger partial charge on any atom is -0.481 e. The molecule has 0 aromatic rings. The highest BCUT2D eigenvalue weighted by molar-refractivity contribution is 5.74. The van der Waals surface area contributed by atoms with E-state index in [4.69, 9.17) is 0 Å². The van der Waals surface area contributed by atoms with E-state index in [2.05, 4.69) is 5.32 Å². The van der Waals surface area contributed by atoms with Crippen molar-refractivity contribution < 1.29 is 19.8 Å². The van der Waals surface area contributed by atoms with Crippen LogP contribution in [0.2, 0.25) is 0 Å². The number of nitrogens with one attached hydrogen (secondary N) is 1. The number of carboxylic acids is 1. The number of nitrogens with zero attached hydrogens (tertiary/aromatic N) is 1. The maximum Gasteiger partial charge on any atom is 0.317 e. The molecular weight excluding hydrogens is 272 g/mol. The molecule has 1 aliphatic carbocycles. The van der Waals surface area contributed by atoms with E-state index in [-0.39, 0.29) is 35.9 Å². The molecule has 0 bridgehead atoms. The molecule has 122 valence electrons. The number of rotatable bonds is 4. The van der Waals surface area contributed by atoms with Gasteiger partial charge in [-0.15, -0.1) is 0 Å². The molecule has 0 radical (unpaired) electrons. The first-order chi connectivity index (χ1) is 9.57. The first-order valence-corrected chi connectivity index (χ1v) is 7.49. The van der Waals surface area contributed by atoms with Crippen LogP contribution >= 0.6 is 0 Å². The molecule has 4 unspecified atom stereocenters. The summed E-state index contributed by atoms with van der Waals surface area (Å²) in [6.45, 7) is 7.80. The van der Waals surface area contributed by atoms with Crippen LogP contribution in [-0.2, 0) is 4.79 Å². The molecule has 1 rings (SSSR count).